The van der Waals surface area contributed by atoms with E-state index in [1.807, 2.05) is 0 Å². The van der Waals surface area contributed by atoms with E-state index in [1.165, 1.54) is 19.8 Å². The number of rotatable bonds is 1. The van der Waals surface area contributed by atoms with Gasteiger partial charge in [0.25, 0.3) is 0 Å². The van der Waals surface area contributed by atoms with Crippen molar-refractivity contribution in [2.75, 3.05) is 0 Å². The van der Waals surface area contributed by atoms with Crippen LogP contribution in [0.25, 0.3) is 0 Å². The summed E-state index contributed by atoms with van der Waals surface area (Å²) < 4.78 is 5.44. The van der Waals surface area contributed by atoms with Gasteiger partial charge in [-0.05, 0) is 30.6 Å². The molecule has 0 radical (unpaired) electrons. The molecule has 2 saturated carbocycles. The molecule has 2 nitrogen and oxygen atoms in total. The maximum Gasteiger partial charge on any atom is 0.302 e. The van der Waals surface area contributed by atoms with Crippen LogP contribution in [0.2, 0.25) is 0 Å². The van der Waals surface area contributed by atoms with Gasteiger partial charge in [-0.15, -0.1) is 0 Å². The standard InChI is InChI=1S/C12H20O2/c1-8(13)14-10-7-9-5-6-12(10,4)11(9,2)3/h9-10H,5-7H2,1-4H3/t9?,10-,12?/m1/s1. The average molecular weight is 196 g/mol. The molecule has 3 atom stereocenters. The maximum atomic E-state index is 11.0. The van der Waals surface area contributed by atoms with Crippen molar-refractivity contribution in [3.8, 4) is 0 Å². The number of carbonyl (C=O) groups excluding carboxylic acids is 1. The molecule has 2 aliphatic carbocycles. The second kappa shape index (κ2) is 2.74. The fourth-order valence-electron chi connectivity index (χ4n) is 3.51. The van der Waals surface area contributed by atoms with Crippen molar-refractivity contribution in [2.24, 2.45) is 16.7 Å². The minimum Gasteiger partial charge on any atom is -0.462 e. The Labute approximate surface area is 86.0 Å². The van der Waals surface area contributed by atoms with Gasteiger partial charge in [-0.3, -0.25) is 4.79 Å². The Kier molecular flexibility index (Phi) is 1.96. The summed E-state index contributed by atoms with van der Waals surface area (Å²) in [5.41, 5.74) is 0.552. The molecule has 0 saturated heterocycles. The highest BCUT2D eigenvalue weighted by Crippen LogP contribution is 2.66. The van der Waals surface area contributed by atoms with Crippen LogP contribution in [0, 0.1) is 16.7 Å². The summed E-state index contributed by atoms with van der Waals surface area (Å²) in [6, 6.07) is 0. The molecule has 0 aromatic rings. The average Bonchev–Trinajstić information content (AvgIpc) is 2.35. The van der Waals surface area contributed by atoms with Crippen LogP contribution in [-0.4, -0.2) is 12.1 Å². The molecule has 2 fully saturated rings. The summed E-state index contributed by atoms with van der Waals surface area (Å²) in [7, 11) is 0. The van der Waals surface area contributed by atoms with Crippen LogP contribution >= 0.6 is 0 Å². The van der Waals surface area contributed by atoms with Crippen LogP contribution in [0.4, 0.5) is 0 Å². The van der Waals surface area contributed by atoms with Crippen molar-refractivity contribution in [3.63, 3.8) is 0 Å². The molecule has 2 heteroatoms. The molecule has 2 unspecified atom stereocenters. The first-order valence-electron chi connectivity index (χ1n) is 5.55. The van der Waals surface area contributed by atoms with Gasteiger partial charge in [-0.25, -0.2) is 0 Å². The Morgan fingerprint density at radius 1 is 1.36 bits per heavy atom. The van der Waals surface area contributed by atoms with Gasteiger partial charge in [-0.2, -0.15) is 0 Å². The van der Waals surface area contributed by atoms with Crippen molar-refractivity contribution in [2.45, 2.75) is 53.1 Å². The highest BCUT2D eigenvalue weighted by molar-refractivity contribution is 5.66. The lowest BCUT2D eigenvalue weighted by Crippen LogP contribution is -2.37. The third-order valence-electron chi connectivity index (χ3n) is 5.02. The lowest BCUT2D eigenvalue weighted by Gasteiger charge is -2.38. The van der Waals surface area contributed by atoms with Crippen molar-refractivity contribution in [3.05, 3.63) is 0 Å². The van der Waals surface area contributed by atoms with Gasteiger partial charge in [0.2, 0.25) is 0 Å². The normalized spacial score (nSPS) is 44.0. The molecular weight excluding hydrogens is 176 g/mol. The Bertz CT molecular complexity index is 269. The van der Waals surface area contributed by atoms with Crippen LogP contribution in [0.15, 0.2) is 0 Å². The molecule has 0 aliphatic heterocycles. The van der Waals surface area contributed by atoms with E-state index in [0.717, 1.165) is 12.3 Å². The van der Waals surface area contributed by atoms with Gasteiger partial charge in [-0.1, -0.05) is 20.8 Å². The summed E-state index contributed by atoms with van der Waals surface area (Å²) in [5.74, 6) is 0.622. The predicted molar refractivity (Wildman–Crippen MR) is 54.8 cm³/mol. The van der Waals surface area contributed by atoms with Gasteiger partial charge in [0.15, 0.2) is 0 Å². The van der Waals surface area contributed by atoms with Crippen LogP contribution in [0.1, 0.15) is 47.0 Å². The van der Waals surface area contributed by atoms with Gasteiger partial charge in [0, 0.05) is 12.3 Å². The molecule has 2 rings (SSSR count). The Morgan fingerprint density at radius 3 is 2.36 bits per heavy atom. The number of ether oxygens (including phenoxy) is 1. The summed E-state index contributed by atoms with van der Waals surface area (Å²) in [6.07, 6.45) is 3.75. The van der Waals surface area contributed by atoms with Gasteiger partial charge in [0.1, 0.15) is 6.10 Å². The second-order valence-electron chi connectivity index (χ2n) is 5.71. The minimum absolute atomic E-state index is 0.125. The molecular formula is C12H20O2. The third-order valence-corrected chi connectivity index (χ3v) is 5.02. The molecule has 14 heavy (non-hydrogen) atoms. The molecule has 0 amide bonds. The van der Waals surface area contributed by atoms with Crippen LogP contribution < -0.4 is 0 Å². The first-order chi connectivity index (χ1) is 6.38. The smallest absolute Gasteiger partial charge is 0.302 e. The predicted octanol–water partition coefficient (Wildman–Crippen LogP) is 2.76. The first-order valence-corrected chi connectivity index (χ1v) is 5.55. The quantitative estimate of drug-likeness (QED) is 0.603. The van der Waals surface area contributed by atoms with Gasteiger partial charge >= 0.3 is 5.97 Å². The van der Waals surface area contributed by atoms with E-state index in [0.29, 0.717) is 5.41 Å². The van der Waals surface area contributed by atoms with Crippen molar-refractivity contribution < 1.29 is 9.53 Å². The van der Waals surface area contributed by atoms with Crippen LogP contribution in [0.3, 0.4) is 0 Å². The Balaban J connectivity index is 2.23. The van der Waals surface area contributed by atoms with E-state index >= 15 is 0 Å². The molecule has 0 spiro atoms. The monoisotopic (exact) mass is 196 g/mol. The molecule has 80 valence electrons. The Morgan fingerprint density at radius 2 is 2.00 bits per heavy atom. The van der Waals surface area contributed by atoms with Gasteiger partial charge < -0.3 is 4.74 Å². The van der Waals surface area contributed by atoms with E-state index in [2.05, 4.69) is 20.8 Å². The third kappa shape index (κ3) is 1.06. The molecule has 2 aliphatic rings. The van der Waals surface area contributed by atoms with Gasteiger partial charge in [0.05, 0.1) is 0 Å². The number of hydrogen-bond donors (Lipinski definition) is 0. The Hall–Kier alpha value is -0.530. The van der Waals surface area contributed by atoms with E-state index < -0.39 is 0 Å². The fraction of sp³-hybridized carbons (Fsp3) is 0.917. The zero-order valence-electron chi connectivity index (χ0n) is 9.59. The van der Waals surface area contributed by atoms with E-state index in [1.54, 1.807) is 0 Å². The molecule has 0 N–H and O–H groups in total. The van der Waals surface area contributed by atoms with Crippen molar-refractivity contribution >= 4 is 5.97 Å². The summed E-state index contributed by atoms with van der Waals surface area (Å²) >= 11 is 0. The second-order valence-corrected chi connectivity index (χ2v) is 5.71. The SMILES string of the molecule is CC(=O)O[C@@H]1CC2CCC1(C)C2(C)C. The van der Waals surface area contributed by atoms with Crippen molar-refractivity contribution in [1.82, 2.24) is 0 Å². The summed E-state index contributed by atoms with van der Waals surface area (Å²) in [5, 5.41) is 0. The lowest BCUT2D eigenvalue weighted by atomic mass is 9.70. The largest absolute Gasteiger partial charge is 0.462 e. The molecule has 0 aromatic heterocycles. The zero-order chi connectivity index (χ0) is 10.6. The number of esters is 1. The number of fused-ring (bicyclic) bond motifs is 2. The van der Waals surface area contributed by atoms with Crippen LogP contribution in [0.5, 0.6) is 0 Å². The number of hydrogen-bond acceptors (Lipinski definition) is 2. The topological polar surface area (TPSA) is 26.3 Å². The molecule has 0 aromatic carbocycles. The summed E-state index contributed by atoms with van der Waals surface area (Å²) in [4.78, 5) is 11.0. The fourth-order valence-corrected chi connectivity index (χ4v) is 3.51. The van der Waals surface area contributed by atoms with E-state index in [4.69, 9.17) is 4.74 Å². The van der Waals surface area contributed by atoms with E-state index in [9.17, 15) is 4.79 Å². The zero-order valence-corrected chi connectivity index (χ0v) is 9.59. The lowest BCUT2D eigenvalue weighted by molar-refractivity contribution is -0.154. The highest BCUT2D eigenvalue weighted by atomic mass is 16.5. The van der Waals surface area contributed by atoms with Crippen molar-refractivity contribution in [1.29, 1.82) is 0 Å². The first kappa shape index (κ1) is 10.0. The highest BCUT2D eigenvalue weighted by Gasteiger charge is 2.62. The minimum atomic E-state index is -0.125. The van der Waals surface area contributed by atoms with Crippen LogP contribution in [-0.2, 0) is 9.53 Å². The maximum absolute atomic E-state index is 11.0. The summed E-state index contributed by atoms with van der Waals surface area (Å²) in [6.45, 7) is 8.46. The number of carbonyl (C=O) groups is 1. The molecule has 2 bridgehead atoms. The van der Waals surface area contributed by atoms with E-state index in [-0.39, 0.29) is 17.5 Å². The molecule has 0 heterocycles.